The van der Waals surface area contributed by atoms with Crippen LogP contribution in [0.25, 0.3) is 0 Å². The number of hydrogen-bond acceptors (Lipinski definition) is 5. The molecule has 1 fully saturated rings. The minimum atomic E-state index is -3.48. The number of hydrogen-bond donors (Lipinski definition) is 1. The van der Waals surface area contributed by atoms with Crippen molar-refractivity contribution in [3.8, 4) is 0 Å². The Morgan fingerprint density at radius 1 is 1.23 bits per heavy atom. The summed E-state index contributed by atoms with van der Waals surface area (Å²) >= 11 is 0. The minimum absolute atomic E-state index is 0.196. The lowest BCUT2D eigenvalue weighted by molar-refractivity contribution is -0.148. The van der Waals surface area contributed by atoms with E-state index in [1.807, 2.05) is 6.92 Å². The number of nitrogens with one attached hydrogen (secondary N) is 1. The minimum Gasteiger partial charge on any atom is -0.449 e. The zero-order chi connectivity index (χ0) is 19.2. The molecular weight excluding hydrogens is 356 g/mol. The van der Waals surface area contributed by atoms with Gasteiger partial charge in [0.05, 0.1) is 4.90 Å². The monoisotopic (exact) mass is 380 g/mol. The lowest BCUT2D eigenvalue weighted by Crippen LogP contribution is -2.29. The molecule has 0 spiro atoms. The van der Waals surface area contributed by atoms with Crippen molar-refractivity contribution in [1.82, 2.24) is 4.31 Å². The first-order valence-corrected chi connectivity index (χ1v) is 10.1. The topological polar surface area (TPSA) is 92.8 Å². The molecule has 1 heterocycles. The molecule has 0 radical (unpaired) electrons. The molecule has 1 aromatic rings. The van der Waals surface area contributed by atoms with Crippen LogP contribution in [0, 0.1) is 0 Å². The lowest BCUT2D eigenvalue weighted by atomic mass is 10.3. The summed E-state index contributed by atoms with van der Waals surface area (Å²) < 4.78 is 31.4. The van der Waals surface area contributed by atoms with Crippen molar-refractivity contribution in [2.45, 2.75) is 44.1 Å². The second-order valence-corrected chi connectivity index (χ2v) is 7.95. The van der Waals surface area contributed by atoms with Crippen molar-refractivity contribution in [2.24, 2.45) is 0 Å². The molecule has 1 aliphatic rings. The van der Waals surface area contributed by atoms with Gasteiger partial charge in [-0.15, -0.1) is 0 Å². The summed E-state index contributed by atoms with van der Waals surface area (Å²) in [4.78, 5) is 23.8. The summed E-state index contributed by atoms with van der Waals surface area (Å²) in [5.41, 5.74) is 0.433. The van der Waals surface area contributed by atoms with Crippen LogP contribution in [0.15, 0.2) is 41.3 Å². The number of allylic oxidation sites excluding steroid dienone is 1. The number of sulfonamides is 1. The number of amides is 1. The molecule has 1 saturated heterocycles. The zero-order valence-corrected chi connectivity index (χ0v) is 15.8. The van der Waals surface area contributed by atoms with Crippen LogP contribution in [0.3, 0.4) is 0 Å². The fraction of sp³-hybridized carbons (Fsp3) is 0.444. The van der Waals surface area contributed by atoms with Gasteiger partial charge >= 0.3 is 5.97 Å². The van der Waals surface area contributed by atoms with E-state index in [-0.39, 0.29) is 4.90 Å². The summed E-state index contributed by atoms with van der Waals surface area (Å²) in [5.74, 6) is -1.07. The maximum absolute atomic E-state index is 12.5. The van der Waals surface area contributed by atoms with Gasteiger partial charge in [0, 0.05) is 24.9 Å². The summed E-state index contributed by atoms with van der Waals surface area (Å²) in [6, 6.07) is 5.96. The van der Waals surface area contributed by atoms with E-state index in [1.54, 1.807) is 6.08 Å². The first-order chi connectivity index (χ1) is 12.3. The van der Waals surface area contributed by atoms with E-state index in [2.05, 4.69) is 5.32 Å². The smallest absolute Gasteiger partial charge is 0.331 e. The van der Waals surface area contributed by atoms with Gasteiger partial charge in [0.15, 0.2) is 6.10 Å². The molecular formula is C18H24N2O5S. The predicted octanol–water partition coefficient (Wildman–Crippen LogP) is 2.31. The summed E-state index contributed by atoms with van der Waals surface area (Å²) in [6.45, 7) is 4.43. The van der Waals surface area contributed by atoms with Crippen molar-refractivity contribution in [3.05, 3.63) is 36.4 Å². The van der Waals surface area contributed by atoms with Crippen LogP contribution < -0.4 is 5.32 Å². The third kappa shape index (κ3) is 5.15. The van der Waals surface area contributed by atoms with Crippen LogP contribution in [0.1, 0.15) is 33.1 Å². The molecule has 1 atom stereocenters. The predicted molar refractivity (Wildman–Crippen MR) is 98.0 cm³/mol. The van der Waals surface area contributed by atoms with E-state index in [9.17, 15) is 18.0 Å². The van der Waals surface area contributed by atoms with Crippen LogP contribution in [-0.4, -0.2) is 43.8 Å². The van der Waals surface area contributed by atoms with Gasteiger partial charge in [0.1, 0.15) is 0 Å². The summed E-state index contributed by atoms with van der Waals surface area (Å²) in [5, 5.41) is 2.60. The molecule has 1 aromatic carbocycles. The van der Waals surface area contributed by atoms with Gasteiger partial charge in [-0.1, -0.05) is 13.0 Å². The second kappa shape index (κ2) is 8.95. The Hall–Kier alpha value is -2.19. The second-order valence-electron chi connectivity index (χ2n) is 6.01. The molecule has 0 aliphatic carbocycles. The largest absolute Gasteiger partial charge is 0.449 e. The maximum atomic E-state index is 12.5. The Balaban J connectivity index is 1.97. The van der Waals surface area contributed by atoms with Crippen molar-refractivity contribution < 1.29 is 22.7 Å². The van der Waals surface area contributed by atoms with Gasteiger partial charge in [-0.25, -0.2) is 13.2 Å². The van der Waals surface area contributed by atoms with Crippen LogP contribution in [-0.2, 0) is 24.3 Å². The maximum Gasteiger partial charge on any atom is 0.331 e. The van der Waals surface area contributed by atoms with Gasteiger partial charge in [0.25, 0.3) is 5.91 Å². The molecule has 26 heavy (non-hydrogen) atoms. The number of nitrogens with zero attached hydrogens (tertiary/aromatic N) is 1. The number of anilines is 1. The molecule has 0 saturated carbocycles. The van der Waals surface area contributed by atoms with Gasteiger partial charge in [-0.3, -0.25) is 4.79 Å². The highest BCUT2D eigenvalue weighted by atomic mass is 32.2. The van der Waals surface area contributed by atoms with Gasteiger partial charge in [0.2, 0.25) is 10.0 Å². The van der Waals surface area contributed by atoms with Crippen LogP contribution in [0.5, 0.6) is 0 Å². The van der Waals surface area contributed by atoms with E-state index in [0.29, 0.717) is 25.2 Å². The number of benzene rings is 1. The summed E-state index contributed by atoms with van der Waals surface area (Å²) in [7, 11) is -3.48. The third-order valence-electron chi connectivity index (χ3n) is 3.98. The van der Waals surface area contributed by atoms with Gasteiger partial charge in [-0.05, 0) is 50.5 Å². The first-order valence-electron chi connectivity index (χ1n) is 8.63. The van der Waals surface area contributed by atoms with E-state index in [4.69, 9.17) is 4.74 Å². The molecule has 142 valence electrons. The standard InChI is InChI=1S/C18H24N2O5S/c1-3-4-7-17(21)25-14(2)18(22)19-15-8-10-16(11-9-15)26(23,24)20-12-5-6-13-20/h4,7-11,14H,3,5-6,12-13H2,1-2H3,(H,19,22)/b7-4+/t14-/m0/s1. The third-order valence-corrected chi connectivity index (χ3v) is 5.89. The normalized spacial score (nSPS) is 16.5. The Morgan fingerprint density at radius 2 is 1.85 bits per heavy atom. The van der Waals surface area contributed by atoms with Crippen molar-refractivity contribution in [1.29, 1.82) is 0 Å². The molecule has 2 rings (SSSR count). The van der Waals surface area contributed by atoms with Gasteiger partial charge < -0.3 is 10.1 Å². The van der Waals surface area contributed by atoms with E-state index < -0.39 is 28.0 Å². The average Bonchev–Trinajstić information content (AvgIpc) is 3.16. The molecule has 0 aromatic heterocycles. The molecule has 0 unspecified atom stereocenters. The fourth-order valence-electron chi connectivity index (χ4n) is 2.51. The molecule has 8 heteroatoms. The van der Waals surface area contributed by atoms with E-state index in [0.717, 1.165) is 12.8 Å². The Labute approximate surface area is 154 Å². The van der Waals surface area contributed by atoms with Crippen LogP contribution in [0.4, 0.5) is 5.69 Å². The van der Waals surface area contributed by atoms with Crippen molar-refractivity contribution >= 4 is 27.6 Å². The molecule has 0 bridgehead atoms. The molecule has 7 nitrogen and oxygen atoms in total. The molecule has 1 aliphatic heterocycles. The summed E-state index contributed by atoms with van der Waals surface area (Å²) in [6.07, 6.45) is 4.41. The number of carbonyl (C=O) groups excluding carboxylic acids is 2. The van der Waals surface area contributed by atoms with Crippen molar-refractivity contribution in [2.75, 3.05) is 18.4 Å². The molecule has 1 N–H and O–H groups in total. The van der Waals surface area contributed by atoms with Crippen molar-refractivity contribution in [3.63, 3.8) is 0 Å². The first kappa shape index (κ1) is 20.1. The fourth-order valence-corrected chi connectivity index (χ4v) is 4.03. The number of esters is 1. The highest BCUT2D eigenvalue weighted by molar-refractivity contribution is 7.89. The van der Waals surface area contributed by atoms with Crippen LogP contribution >= 0.6 is 0 Å². The SMILES string of the molecule is CC/C=C/C(=O)O[C@@H](C)C(=O)Nc1ccc(S(=O)(=O)N2CCCC2)cc1. The number of carbonyl (C=O) groups is 2. The number of rotatable bonds is 7. The Kier molecular flexibility index (Phi) is 6.93. The van der Waals surface area contributed by atoms with Crippen LogP contribution in [0.2, 0.25) is 0 Å². The van der Waals surface area contributed by atoms with Gasteiger partial charge in [-0.2, -0.15) is 4.31 Å². The van der Waals surface area contributed by atoms with E-state index >= 15 is 0 Å². The lowest BCUT2D eigenvalue weighted by Gasteiger charge is -2.16. The quantitative estimate of drug-likeness (QED) is 0.579. The number of ether oxygens (including phenoxy) is 1. The molecule has 1 amide bonds. The van der Waals surface area contributed by atoms with E-state index in [1.165, 1.54) is 41.6 Å². The zero-order valence-electron chi connectivity index (χ0n) is 15.0. The Bertz CT molecular complexity index is 765. The Morgan fingerprint density at radius 3 is 2.42 bits per heavy atom. The average molecular weight is 380 g/mol. The highest BCUT2D eigenvalue weighted by Crippen LogP contribution is 2.22. The highest BCUT2D eigenvalue weighted by Gasteiger charge is 2.27.